The van der Waals surface area contributed by atoms with Gasteiger partial charge in [-0.05, 0) is 82.9 Å². The molecule has 0 bridgehead atoms. The number of hydrogen-bond donors (Lipinski definition) is 0. The minimum absolute atomic E-state index is 0.844. The number of para-hydroxylation sites is 1. The lowest BCUT2D eigenvalue weighted by Gasteiger charge is -2.13. The topological polar surface area (TPSA) is 19.1 Å². The van der Waals surface area contributed by atoms with Crippen LogP contribution >= 0.6 is 0 Å². The summed E-state index contributed by atoms with van der Waals surface area (Å²) in [5.74, 6) is 0.844. The lowest BCUT2D eigenvalue weighted by Crippen LogP contribution is -1.97. The van der Waals surface area contributed by atoms with Crippen LogP contribution in [0.1, 0.15) is 0 Å². The van der Waals surface area contributed by atoms with Crippen LogP contribution in [-0.2, 0) is 0 Å². The quantitative estimate of drug-likeness (QED) is 0.196. The Morgan fingerprint density at radius 3 is 1.27 bits per heavy atom. The Hall–Kier alpha value is -5.80. The Kier molecular flexibility index (Phi) is 6.35. The van der Waals surface area contributed by atoms with Crippen molar-refractivity contribution < 1.29 is 4.74 Å². The number of benzene rings is 6. The zero-order valence-corrected chi connectivity index (χ0v) is 24.4. The molecule has 2 aromatic heterocycles. The van der Waals surface area contributed by atoms with Crippen LogP contribution in [0.15, 0.2) is 164 Å². The van der Waals surface area contributed by atoms with E-state index in [9.17, 15) is 0 Å². The lowest BCUT2D eigenvalue weighted by molar-refractivity contribution is 0.415. The Labute approximate surface area is 256 Å². The highest BCUT2D eigenvalue weighted by molar-refractivity contribution is 5.95. The number of methoxy groups -OCH3 is 1. The van der Waals surface area contributed by atoms with Gasteiger partial charge in [0, 0.05) is 22.1 Å². The van der Waals surface area contributed by atoms with Crippen LogP contribution in [-0.4, -0.2) is 16.2 Å². The van der Waals surface area contributed by atoms with E-state index in [0.29, 0.717) is 0 Å². The highest BCUT2D eigenvalue weighted by Gasteiger charge is 2.16. The van der Waals surface area contributed by atoms with Gasteiger partial charge in [-0.1, -0.05) is 103 Å². The molecular weight excluding hydrogens is 536 g/mol. The van der Waals surface area contributed by atoms with Crippen molar-refractivity contribution in [2.24, 2.45) is 0 Å². The fourth-order valence-electron chi connectivity index (χ4n) is 6.27. The van der Waals surface area contributed by atoms with Crippen molar-refractivity contribution in [3.8, 4) is 50.8 Å². The first-order valence-electron chi connectivity index (χ1n) is 14.9. The van der Waals surface area contributed by atoms with Gasteiger partial charge in [0.05, 0.1) is 29.5 Å². The van der Waals surface area contributed by atoms with Crippen LogP contribution in [0.5, 0.6) is 5.75 Å². The summed E-state index contributed by atoms with van der Waals surface area (Å²) in [5.41, 5.74) is 11.7. The molecule has 0 aliphatic carbocycles. The maximum atomic E-state index is 5.46. The predicted octanol–water partition coefficient (Wildman–Crippen LogP) is 10.6. The molecule has 8 rings (SSSR count). The average molecular weight is 567 g/mol. The Balaban J connectivity index is 1.33. The standard InChI is InChI=1S/C41H30N2O/c1-44-37-23-21-36(22-24-37)43-39(30-13-7-3-8-14-30)28-34-20-18-32(26-41(34)43)31-17-19-33-27-38(29-11-5-2-6-12-29)42(40(33)25-31)35-15-9-4-10-16-35/h2-28H,1H3. The van der Waals surface area contributed by atoms with Crippen molar-refractivity contribution in [3.63, 3.8) is 0 Å². The Morgan fingerprint density at radius 2 is 0.818 bits per heavy atom. The number of nitrogens with zero attached hydrogens (tertiary/aromatic N) is 2. The van der Waals surface area contributed by atoms with Gasteiger partial charge in [0.25, 0.3) is 0 Å². The van der Waals surface area contributed by atoms with Crippen molar-refractivity contribution in [3.05, 3.63) is 164 Å². The summed E-state index contributed by atoms with van der Waals surface area (Å²) in [7, 11) is 1.70. The molecule has 0 unspecified atom stereocenters. The average Bonchev–Trinajstić information content (AvgIpc) is 3.68. The highest BCUT2D eigenvalue weighted by atomic mass is 16.5. The van der Waals surface area contributed by atoms with Crippen LogP contribution in [0.2, 0.25) is 0 Å². The van der Waals surface area contributed by atoms with Gasteiger partial charge in [-0.15, -0.1) is 0 Å². The molecule has 0 N–H and O–H groups in total. The zero-order chi connectivity index (χ0) is 29.5. The fourth-order valence-corrected chi connectivity index (χ4v) is 6.27. The number of hydrogen-bond acceptors (Lipinski definition) is 1. The minimum Gasteiger partial charge on any atom is -0.497 e. The highest BCUT2D eigenvalue weighted by Crippen LogP contribution is 2.37. The Bertz CT molecular complexity index is 2230. The molecule has 3 heteroatoms. The van der Waals surface area contributed by atoms with Gasteiger partial charge in [0.15, 0.2) is 0 Å². The number of aromatic nitrogens is 2. The van der Waals surface area contributed by atoms with Crippen LogP contribution in [0.3, 0.4) is 0 Å². The molecule has 0 atom stereocenters. The molecule has 0 aliphatic heterocycles. The second-order valence-electron chi connectivity index (χ2n) is 11.0. The molecule has 0 amide bonds. The van der Waals surface area contributed by atoms with Crippen LogP contribution in [0.4, 0.5) is 0 Å². The molecule has 0 saturated carbocycles. The van der Waals surface area contributed by atoms with Crippen molar-refractivity contribution in [2.75, 3.05) is 7.11 Å². The van der Waals surface area contributed by atoms with Crippen LogP contribution in [0, 0.1) is 0 Å². The molecular formula is C41H30N2O. The maximum absolute atomic E-state index is 5.46. The second-order valence-corrected chi connectivity index (χ2v) is 11.0. The monoisotopic (exact) mass is 566 g/mol. The third-order valence-corrected chi connectivity index (χ3v) is 8.43. The van der Waals surface area contributed by atoms with E-state index in [2.05, 4.69) is 161 Å². The first-order chi connectivity index (χ1) is 21.8. The molecule has 0 saturated heterocycles. The summed E-state index contributed by atoms with van der Waals surface area (Å²) in [6.07, 6.45) is 0. The van der Waals surface area contributed by atoms with Crippen molar-refractivity contribution in [1.82, 2.24) is 9.13 Å². The van der Waals surface area contributed by atoms with E-state index in [1.54, 1.807) is 7.11 Å². The van der Waals surface area contributed by atoms with Crippen molar-refractivity contribution in [1.29, 1.82) is 0 Å². The molecule has 2 heterocycles. The SMILES string of the molecule is COc1ccc(-n2c(-c3ccccc3)cc3ccc(-c4ccc5cc(-c6ccccc6)n(-c6ccccc6)c5c4)cc32)cc1. The summed E-state index contributed by atoms with van der Waals surface area (Å²) in [5, 5.41) is 2.41. The number of ether oxygens (including phenoxy) is 1. The third kappa shape index (κ3) is 4.47. The number of fused-ring (bicyclic) bond motifs is 2. The van der Waals surface area contributed by atoms with Gasteiger partial charge < -0.3 is 13.9 Å². The van der Waals surface area contributed by atoms with E-state index in [4.69, 9.17) is 4.74 Å². The first kappa shape index (κ1) is 25.9. The van der Waals surface area contributed by atoms with Crippen molar-refractivity contribution in [2.45, 2.75) is 0 Å². The van der Waals surface area contributed by atoms with Gasteiger partial charge in [-0.2, -0.15) is 0 Å². The van der Waals surface area contributed by atoms with E-state index in [1.807, 2.05) is 12.1 Å². The Morgan fingerprint density at radius 1 is 0.386 bits per heavy atom. The summed E-state index contributed by atoms with van der Waals surface area (Å²) in [4.78, 5) is 0. The van der Waals surface area contributed by atoms with E-state index >= 15 is 0 Å². The molecule has 0 aliphatic rings. The normalized spacial score (nSPS) is 11.3. The van der Waals surface area contributed by atoms with E-state index in [1.165, 1.54) is 44.2 Å². The fraction of sp³-hybridized carbons (Fsp3) is 0.0244. The van der Waals surface area contributed by atoms with Gasteiger partial charge >= 0.3 is 0 Å². The van der Waals surface area contributed by atoms with Crippen LogP contribution in [0.25, 0.3) is 66.8 Å². The predicted molar refractivity (Wildman–Crippen MR) is 183 cm³/mol. The minimum atomic E-state index is 0.844. The summed E-state index contributed by atoms with van der Waals surface area (Å²) in [6.45, 7) is 0. The second kappa shape index (κ2) is 10.8. The molecule has 3 nitrogen and oxygen atoms in total. The number of rotatable bonds is 6. The molecule has 0 fully saturated rings. The molecule has 210 valence electrons. The third-order valence-electron chi connectivity index (χ3n) is 8.43. The maximum Gasteiger partial charge on any atom is 0.119 e. The smallest absolute Gasteiger partial charge is 0.119 e. The molecule has 0 spiro atoms. The van der Waals surface area contributed by atoms with Gasteiger partial charge in [-0.25, -0.2) is 0 Å². The van der Waals surface area contributed by atoms with Gasteiger partial charge in [0.2, 0.25) is 0 Å². The van der Waals surface area contributed by atoms with Gasteiger partial charge in [-0.3, -0.25) is 0 Å². The molecule has 0 radical (unpaired) electrons. The lowest BCUT2D eigenvalue weighted by atomic mass is 10.0. The molecule has 6 aromatic carbocycles. The van der Waals surface area contributed by atoms with E-state index in [0.717, 1.165) is 28.3 Å². The first-order valence-corrected chi connectivity index (χ1v) is 14.9. The van der Waals surface area contributed by atoms with Crippen LogP contribution < -0.4 is 4.74 Å². The zero-order valence-electron chi connectivity index (χ0n) is 24.4. The van der Waals surface area contributed by atoms with E-state index < -0.39 is 0 Å². The summed E-state index contributed by atoms with van der Waals surface area (Å²) in [6, 6.07) is 58.4. The molecule has 8 aromatic rings. The van der Waals surface area contributed by atoms with Gasteiger partial charge in [0.1, 0.15) is 5.75 Å². The van der Waals surface area contributed by atoms with Crippen molar-refractivity contribution >= 4 is 21.8 Å². The largest absolute Gasteiger partial charge is 0.497 e. The van der Waals surface area contributed by atoms with E-state index in [-0.39, 0.29) is 0 Å². The summed E-state index contributed by atoms with van der Waals surface area (Å²) >= 11 is 0. The summed E-state index contributed by atoms with van der Waals surface area (Å²) < 4.78 is 10.2. The molecule has 44 heavy (non-hydrogen) atoms.